The molecule has 2 unspecified atom stereocenters. The molecule has 206 valence electrons. The van der Waals surface area contributed by atoms with Crippen LogP contribution in [0.2, 0.25) is 0 Å². The molecule has 0 saturated carbocycles. The second-order valence-corrected chi connectivity index (χ2v) is 11.3. The number of hydrogen-bond acceptors (Lipinski definition) is 10. The van der Waals surface area contributed by atoms with Crippen LogP contribution in [0.5, 0.6) is 0 Å². The van der Waals surface area contributed by atoms with E-state index in [2.05, 4.69) is 5.32 Å². The van der Waals surface area contributed by atoms with Crippen molar-refractivity contribution >= 4 is 29.3 Å². The van der Waals surface area contributed by atoms with Crippen molar-refractivity contribution in [2.45, 2.75) is 106 Å². The maximum absolute atomic E-state index is 15.6. The number of nitrogens with one attached hydrogen (secondary N) is 1. The van der Waals surface area contributed by atoms with Gasteiger partial charge in [0.15, 0.2) is 5.76 Å². The van der Waals surface area contributed by atoms with Crippen molar-refractivity contribution in [3.05, 3.63) is 22.1 Å². The van der Waals surface area contributed by atoms with E-state index in [4.69, 9.17) is 25.2 Å². The van der Waals surface area contributed by atoms with Crippen molar-refractivity contribution < 1.29 is 38.1 Å². The van der Waals surface area contributed by atoms with Gasteiger partial charge < -0.3 is 34.2 Å². The number of aliphatic hydroxyl groups is 3. The molecule has 0 aromatic carbocycles. The molecular formula is C23H36ClFN2O8S. The van der Waals surface area contributed by atoms with Crippen LogP contribution in [0.1, 0.15) is 51.1 Å². The van der Waals surface area contributed by atoms with Gasteiger partial charge in [0.2, 0.25) is 5.91 Å². The molecule has 2 aliphatic rings. The molecule has 3 heterocycles. The molecule has 10 nitrogen and oxygen atoms in total. The van der Waals surface area contributed by atoms with E-state index >= 15 is 4.39 Å². The van der Waals surface area contributed by atoms with Gasteiger partial charge in [-0.1, -0.05) is 13.3 Å². The maximum atomic E-state index is 15.6. The third-order valence-electron chi connectivity index (χ3n) is 7.03. The molecule has 2 fully saturated rings. The number of aliphatic hydroxyl groups excluding tert-OH is 3. The van der Waals surface area contributed by atoms with Crippen LogP contribution in [0.4, 0.5) is 4.39 Å². The summed E-state index contributed by atoms with van der Waals surface area (Å²) >= 11 is 7.54. The van der Waals surface area contributed by atoms with Gasteiger partial charge in [-0.25, -0.2) is 9.18 Å². The Morgan fingerprint density at radius 3 is 2.56 bits per heavy atom. The van der Waals surface area contributed by atoms with Gasteiger partial charge in [0.05, 0.1) is 24.0 Å². The third kappa shape index (κ3) is 6.46. The topological polar surface area (TPSA) is 146 Å². The van der Waals surface area contributed by atoms with E-state index in [-0.39, 0.29) is 37.5 Å². The molecule has 1 aromatic rings. The standard InChI is InChI=1S/C23H36ClFN2O8S/c1-5-6-23(25)7-8-27(10-14-12(3)33-22(32)34-14)13(9-23)20(31)26-15(11(2)24)19-17(29)16(28)18(30)21(35-19)36-4/h11,13,15-19,21,28-30H,5-10H2,1-4H3,(H,26,31)/t11-,13?,15+,16-,17+,18+,19+,21+,23?/m0/s1. The Labute approximate surface area is 218 Å². The highest BCUT2D eigenvalue weighted by molar-refractivity contribution is 7.99. The number of rotatable bonds is 9. The van der Waals surface area contributed by atoms with Crippen LogP contribution < -0.4 is 11.1 Å². The van der Waals surface area contributed by atoms with E-state index in [9.17, 15) is 24.9 Å². The number of carbonyl (C=O) groups excluding carboxylic acids is 1. The predicted octanol–water partition coefficient (Wildman–Crippen LogP) is 1.30. The van der Waals surface area contributed by atoms with Gasteiger partial charge in [0.25, 0.3) is 0 Å². The van der Waals surface area contributed by atoms with Crippen molar-refractivity contribution in [1.82, 2.24) is 10.2 Å². The Morgan fingerprint density at radius 2 is 2.00 bits per heavy atom. The molecule has 9 atom stereocenters. The average Bonchev–Trinajstić information content (AvgIpc) is 3.14. The van der Waals surface area contributed by atoms with Crippen LogP contribution in [0.15, 0.2) is 13.6 Å². The molecule has 1 amide bonds. The molecule has 2 saturated heterocycles. The SMILES string of the molecule is CCCC1(F)CCN(Cc2oc(=O)oc2C)C(C(=O)N[C@@H]([C@H]2O[C@H](SC)[C@H](O)[C@@H](O)[C@H]2O)[C@H](C)Cl)C1. The van der Waals surface area contributed by atoms with Crippen molar-refractivity contribution in [2.75, 3.05) is 12.8 Å². The van der Waals surface area contributed by atoms with E-state index < -0.39 is 64.7 Å². The van der Waals surface area contributed by atoms with E-state index in [0.29, 0.717) is 12.8 Å². The smallest absolute Gasteiger partial charge is 0.396 e. The molecule has 0 spiro atoms. The number of likely N-dealkylation sites (tertiary alicyclic amines) is 1. The summed E-state index contributed by atoms with van der Waals surface area (Å²) in [6.45, 7) is 5.37. The average molecular weight is 555 g/mol. The van der Waals surface area contributed by atoms with Crippen LogP contribution in [-0.4, -0.2) is 91.9 Å². The number of hydrogen-bond donors (Lipinski definition) is 4. The lowest BCUT2D eigenvalue weighted by Gasteiger charge is -2.45. The predicted molar refractivity (Wildman–Crippen MR) is 132 cm³/mol. The Morgan fingerprint density at radius 1 is 1.31 bits per heavy atom. The van der Waals surface area contributed by atoms with Crippen molar-refractivity contribution in [3.63, 3.8) is 0 Å². The highest BCUT2D eigenvalue weighted by atomic mass is 35.5. The number of thioether (sulfide) groups is 1. The summed E-state index contributed by atoms with van der Waals surface area (Å²) in [4.78, 5) is 26.8. The van der Waals surface area contributed by atoms with Gasteiger partial charge in [-0.2, -0.15) is 0 Å². The zero-order valence-electron chi connectivity index (χ0n) is 20.9. The van der Waals surface area contributed by atoms with Crippen LogP contribution in [0, 0.1) is 6.92 Å². The molecule has 3 rings (SSSR count). The molecule has 2 aliphatic heterocycles. The summed E-state index contributed by atoms with van der Waals surface area (Å²) in [5.41, 5.74) is -2.39. The lowest BCUT2D eigenvalue weighted by Crippen LogP contribution is -2.66. The molecule has 0 radical (unpaired) electrons. The Hall–Kier alpha value is -1.15. The molecule has 1 aromatic heterocycles. The van der Waals surface area contributed by atoms with Gasteiger partial charge >= 0.3 is 5.82 Å². The summed E-state index contributed by atoms with van der Waals surface area (Å²) in [6.07, 6.45) is -2.74. The Bertz CT molecular complexity index is 945. The monoisotopic (exact) mass is 554 g/mol. The summed E-state index contributed by atoms with van der Waals surface area (Å²) in [7, 11) is 0. The fraction of sp³-hybridized carbons (Fsp3) is 0.826. The number of halogens is 2. The molecule has 36 heavy (non-hydrogen) atoms. The molecule has 0 bridgehead atoms. The lowest BCUT2D eigenvalue weighted by atomic mass is 9.83. The zero-order valence-corrected chi connectivity index (χ0v) is 22.4. The fourth-order valence-corrected chi connectivity index (χ4v) is 5.87. The Kier molecular flexibility index (Phi) is 9.92. The summed E-state index contributed by atoms with van der Waals surface area (Å²) in [6, 6.07) is -1.89. The van der Waals surface area contributed by atoms with Gasteiger partial charge in [-0.05, 0) is 32.9 Å². The first kappa shape index (κ1) is 29.4. The number of aryl methyl sites for hydroxylation is 1. The fourth-order valence-electron chi connectivity index (χ4n) is 4.99. The van der Waals surface area contributed by atoms with Crippen molar-refractivity contribution in [1.29, 1.82) is 0 Å². The highest BCUT2D eigenvalue weighted by Gasteiger charge is 2.49. The van der Waals surface area contributed by atoms with E-state index in [0.717, 1.165) is 11.8 Å². The molecule has 4 N–H and O–H groups in total. The number of carbonyl (C=O) groups is 1. The normalized spacial score (nSPS) is 35.4. The van der Waals surface area contributed by atoms with Gasteiger partial charge in [0, 0.05) is 13.0 Å². The minimum atomic E-state index is -1.55. The maximum Gasteiger partial charge on any atom is 0.519 e. The van der Waals surface area contributed by atoms with Crippen LogP contribution in [0.3, 0.4) is 0 Å². The van der Waals surface area contributed by atoms with Crippen molar-refractivity contribution in [3.8, 4) is 0 Å². The molecule has 0 aliphatic carbocycles. The first-order valence-electron chi connectivity index (χ1n) is 12.1. The second-order valence-electron chi connectivity index (χ2n) is 9.66. The van der Waals surface area contributed by atoms with Gasteiger partial charge in [-0.3, -0.25) is 9.69 Å². The van der Waals surface area contributed by atoms with Crippen LogP contribution >= 0.6 is 23.4 Å². The minimum Gasteiger partial charge on any atom is -0.396 e. The number of ether oxygens (including phenoxy) is 1. The lowest BCUT2D eigenvalue weighted by molar-refractivity contribution is -0.205. The highest BCUT2D eigenvalue weighted by Crippen LogP contribution is 2.36. The third-order valence-corrected chi connectivity index (χ3v) is 8.15. The number of amides is 1. The second kappa shape index (κ2) is 12.1. The molecule has 13 heteroatoms. The number of piperidine rings is 1. The summed E-state index contributed by atoms with van der Waals surface area (Å²) in [5, 5.41) is 33.2. The zero-order chi connectivity index (χ0) is 26.8. The molecular weight excluding hydrogens is 519 g/mol. The number of alkyl halides is 2. The summed E-state index contributed by atoms with van der Waals surface area (Å²) in [5.74, 6) is -0.847. The first-order chi connectivity index (χ1) is 16.9. The van der Waals surface area contributed by atoms with Crippen LogP contribution in [0.25, 0.3) is 0 Å². The minimum absolute atomic E-state index is 0.0704. The van der Waals surface area contributed by atoms with E-state index in [1.54, 1.807) is 25.0 Å². The van der Waals surface area contributed by atoms with Gasteiger partial charge in [0.1, 0.15) is 41.3 Å². The number of nitrogens with zero attached hydrogens (tertiary/aromatic N) is 1. The van der Waals surface area contributed by atoms with Crippen molar-refractivity contribution in [2.24, 2.45) is 0 Å². The summed E-state index contributed by atoms with van der Waals surface area (Å²) < 4.78 is 31.5. The van der Waals surface area contributed by atoms with Crippen LogP contribution in [-0.2, 0) is 16.1 Å². The largest absolute Gasteiger partial charge is 0.519 e. The van der Waals surface area contributed by atoms with Gasteiger partial charge in [-0.15, -0.1) is 23.4 Å². The quantitative estimate of drug-likeness (QED) is 0.329. The Balaban J connectivity index is 1.85. The van der Waals surface area contributed by atoms with E-state index in [1.807, 2.05) is 6.92 Å². The first-order valence-corrected chi connectivity index (χ1v) is 13.8. The van der Waals surface area contributed by atoms with E-state index in [1.165, 1.54) is 0 Å².